The van der Waals surface area contributed by atoms with Gasteiger partial charge in [-0.1, -0.05) is 23.7 Å². The van der Waals surface area contributed by atoms with Gasteiger partial charge < -0.3 is 19.8 Å². The first kappa shape index (κ1) is 13.3. The van der Waals surface area contributed by atoms with Crippen molar-refractivity contribution in [1.29, 1.82) is 0 Å². The van der Waals surface area contributed by atoms with E-state index < -0.39 is 0 Å². The number of hydrogen-bond acceptors (Lipinski definition) is 4. The highest BCUT2D eigenvalue weighted by atomic mass is 35.5. The number of aromatic amines is 1. The summed E-state index contributed by atoms with van der Waals surface area (Å²) in [7, 11) is 0. The molecule has 22 heavy (non-hydrogen) atoms. The van der Waals surface area contributed by atoms with Crippen LogP contribution >= 0.6 is 11.6 Å². The van der Waals surface area contributed by atoms with Gasteiger partial charge in [0.25, 0.3) is 0 Å². The average Bonchev–Trinajstić information content (AvgIpc) is 2.92. The van der Waals surface area contributed by atoms with Crippen molar-refractivity contribution < 1.29 is 9.47 Å². The Morgan fingerprint density at radius 3 is 2.77 bits per heavy atom. The Hall–Kier alpha value is -2.40. The van der Waals surface area contributed by atoms with Gasteiger partial charge in [-0.05, 0) is 17.7 Å². The maximum absolute atomic E-state index is 5.98. The fraction of sp³-hybridized carbons (Fsp3) is 0.188. The fourth-order valence-corrected chi connectivity index (χ4v) is 2.68. The molecule has 0 fully saturated rings. The van der Waals surface area contributed by atoms with Crippen LogP contribution in [-0.4, -0.2) is 23.2 Å². The highest BCUT2D eigenvalue weighted by Gasteiger charge is 2.14. The molecule has 0 unspecified atom stereocenters. The second kappa shape index (κ2) is 5.42. The smallest absolute Gasteiger partial charge is 0.201 e. The number of nitrogens with one attached hydrogen (secondary N) is 2. The van der Waals surface area contributed by atoms with Crippen LogP contribution in [0.15, 0.2) is 36.4 Å². The molecule has 0 saturated heterocycles. The van der Waals surface area contributed by atoms with E-state index in [-0.39, 0.29) is 0 Å². The van der Waals surface area contributed by atoms with Crippen LogP contribution in [0.5, 0.6) is 11.5 Å². The first-order valence-corrected chi connectivity index (χ1v) is 7.43. The molecule has 2 heterocycles. The number of H-pyrrole nitrogens is 1. The van der Waals surface area contributed by atoms with E-state index in [4.69, 9.17) is 21.1 Å². The zero-order valence-electron chi connectivity index (χ0n) is 11.7. The van der Waals surface area contributed by atoms with Gasteiger partial charge in [-0.2, -0.15) is 0 Å². The van der Waals surface area contributed by atoms with Gasteiger partial charge in [0.1, 0.15) is 13.2 Å². The monoisotopic (exact) mass is 315 g/mol. The molecule has 0 atom stereocenters. The Kier molecular flexibility index (Phi) is 3.27. The fourth-order valence-electron chi connectivity index (χ4n) is 2.46. The third-order valence-corrected chi connectivity index (χ3v) is 3.73. The van der Waals surface area contributed by atoms with E-state index in [0.29, 0.717) is 25.7 Å². The van der Waals surface area contributed by atoms with Gasteiger partial charge in [-0.25, -0.2) is 4.98 Å². The quantitative estimate of drug-likeness (QED) is 0.775. The van der Waals surface area contributed by atoms with E-state index >= 15 is 0 Å². The SMILES string of the molecule is Clc1cccc(CNc2nc3cc4c(cc3[nH]2)OCCO4)c1. The number of benzene rings is 2. The van der Waals surface area contributed by atoms with E-state index in [1.807, 2.05) is 36.4 Å². The van der Waals surface area contributed by atoms with Crippen molar-refractivity contribution in [3.63, 3.8) is 0 Å². The summed E-state index contributed by atoms with van der Waals surface area (Å²) in [5, 5.41) is 3.99. The molecule has 2 N–H and O–H groups in total. The minimum absolute atomic E-state index is 0.572. The largest absolute Gasteiger partial charge is 0.486 e. The Bertz CT molecular complexity index is 788. The summed E-state index contributed by atoms with van der Waals surface area (Å²) in [5.74, 6) is 2.20. The molecular formula is C16H14ClN3O2. The first-order valence-electron chi connectivity index (χ1n) is 7.05. The average molecular weight is 316 g/mol. The Morgan fingerprint density at radius 2 is 1.95 bits per heavy atom. The van der Waals surface area contributed by atoms with Crippen LogP contribution in [0.3, 0.4) is 0 Å². The van der Waals surface area contributed by atoms with Gasteiger partial charge >= 0.3 is 0 Å². The second-order valence-electron chi connectivity index (χ2n) is 5.08. The van der Waals surface area contributed by atoms with Crippen molar-refractivity contribution in [2.75, 3.05) is 18.5 Å². The van der Waals surface area contributed by atoms with Crippen LogP contribution in [0.1, 0.15) is 5.56 Å². The standard InChI is InChI=1S/C16H14ClN3O2/c17-11-3-1-2-10(6-11)9-18-16-19-12-7-14-15(8-13(12)20-16)22-5-4-21-14/h1-3,6-8H,4-5,9H2,(H2,18,19,20). The molecule has 1 aliphatic rings. The molecule has 112 valence electrons. The maximum Gasteiger partial charge on any atom is 0.201 e. The van der Waals surface area contributed by atoms with E-state index in [1.54, 1.807) is 0 Å². The first-order chi connectivity index (χ1) is 10.8. The summed E-state index contributed by atoms with van der Waals surface area (Å²) in [6, 6.07) is 11.5. The third-order valence-electron chi connectivity index (χ3n) is 3.49. The predicted octanol–water partition coefficient (Wildman–Crippen LogP) is 3.60. The van der Waals surface area contributed by atoms with E-state index in [2.05, 4.69) is 15.3 Å². The predicted molar refractivity (Wildman–Crippen MR) is 85.9 cm³/mol. The minimum atomic E-state index is 0.572. The number of ether oxygens (including phenoxy) is 2. The molecule has 5 nitrogen and oxygen atoms in total. The number of nitrogens with zero attached hydrogens (tertiary/aromatic N) is 1. The van der Waals surface area contributed by atoms with Gasteiger partial charge in [-0.15, -0.1) is 0 Å². The summed E-state index contributed by atoms with van der Waals surface area (Å²) in [6.45, 7) is 1.79. The van der Waals surface area contributed by atoms with Gasteiger partial charge in [-0.3, -0.25) is 0 Å². The Balaban J connectivity index is 1.57. The lowest BCUT2D eigenvalue weighted by Crippen LogP contribution is -2.15. The van der Waals surface area contributed by atoms with Crippen LogP contribution in [0.25, 0.3) is 11.0 Å². The summed E-state index contributed by atoms with van der Waals surface area (Å²) in [5.41, 5.74) is 2.86. The van der Waals surface area contributed by atoms with E-state index in [0.717, 1.165) is 33.1 Å². The molecular weight excluding hydrogens is 302 g/mol. The van der Waals surface area contributed by atoms with Crippen LogP contribution in [0.2, 0.25) is 5.02 Å². The summed E-state index contributed by atoms with van der Waals surface area (Å²) in [6.07, 6.45) is 0. The summed E-state index contributed by atoms with van der Waals surface area (Å²) in [4.78, 5) is 7.76. The van der Waals surface area contributed by atoms with E-state index in [9.17, 15) is 0 Å². The van der Waals surface area contributed by atoms with Crippen LogP contribution in [-0.2, 0) is 6.54 Å². The highest BCUT2D eigenvalue weighted by Crippen LogP contribution is 2.34. The molecule has 2 aromatic carbocycles. The third kappa shape index (κ3) is 2.55. The molecule has 1 aromatic heterocycles. The maximum atomic E-state index is 5.98. The number of halogens is 1. The van der Waals surface area contributed by atoms with Crippen LogP contribution in [0, 0.1) is 0 Å². The zero-order chi connectivity index (χ0) is 14.9. The van der Waals surface area contributed by atoms with Gasteiger partial charge in [0.05, 0.1) is 11.0 Å². The summed E-state index contributed by atoms with van der Waals surface area (Å²) >= 11 is 5.98. The van der Waals surface area contributed by atoms with Crippen molar-refractivity contribution in [1.82, 2.24) is 9.97 Å². The number of fused-ring (bicyclic) bond motifs is 2. The lowest BCUT2D eigenvalue weighted by molar-refractivity contribution is 0.172. The topological polar surface area (TPSA) is 59.2 Å². The molecule has 0 saturated carbocycles. The Morgan fingerprint density at radius 1 is 1.14 bits per heavy atom. The van der Waals surface area contributed by atoms with Crippen molar-refractivity contribution >= 4 is 28.6 Å². The highest BCUT2D eigenvalue weighted by molar-refractivity contribution is 6.30. The molecule has 0 aliphatic carbocycles. The van der Waals surface area contributed by atoms with Gasteiger partial charge in [0.2, 0.25) is 5.95 Å². The number of imidazole rings is 1. The molecule has 0 radical (unpaired) electrons. The normalized spacial score (nSPS) is 13.3. The molecule has 0 amide bonds. The van der Waals surface area contributed by atoms with Gasteiger partial charge in [0, 0.05) is 23.7 Å². The molecule has 6 heteroatoms. The van der Waals surface area contributed by atoms with Crippen LogP contribution in [0.4, 0.5) is 5.95 Å². The number of rotatable bonds is 3. The lowest BCUT2D eigenvalue weighted by atomic mass is 10.2. The number of anilines is 1. The molecule has 3 aromatic rings. The second-order valence-corrected chi connectivity index (χ2v) is 5.52. The van der Waals surface area contributed by atoms with Crippen molar-refractivity contribution in [2.45, 2.75) is 6.54 Å². The van der Waals surface area contributed by atoms with Crippen molar-refractivity contribution in [3.8, 4) is 11.5 Å². The molecule has 0 bridgehead atoms. The van der Waals surface area contributed by atoms with Gasteiger partial charge in [0.15, 0.2) is 11.5 Å². The summed E-state index contributed by atoms with van der Waals surface area (Å²) < 4.78 is 11.1. The van der Waals surface area contributed by atoms with Crippen molar-refractivity contribution in [2.24, 2.45) is 0 Å². The van der Waals surface area contributed by atoms with Crippen LogP contribution < -0.4 is 14.8 Å². The molecule has 1 aliphatic heterocycles. The Labute approximate surface area is 132 Å². The van der Waals surface area contributed by atoms with Crippen molar-refractivity contribution in [3.05, 3.63) is 47.0 Å². The number of hydrogen-bond donors (Lipinski definition) is 2. The zero-order valence-corrected chi connectivity index (χ0v) is 12.5. The van der Waals surface area contributed by atoms with E-state index in [1.165, 1.54) is 0 Å². The molecule has 0 spiro atoms. The molecule has 4 rings (SSSR count). The lowest BCUT2D eigenvalue weighted by Gasteiger charge is -2.17. The minimum Gasteiger partial charge on any atom is -0.486 e. The number of aromatic nitrogens is 2.